The molecule has 2 rings (SSSR count). The molecule has 0 saturated carbocycles. The third-order valence-electron chi connectivity index (χ3n) is 3.77. The van der Waals surface area contributed by atoms with E-state index in [1.54, 1.807) is 0 Å². The Morgan fingerprint density at radius 2 is 1.94 bits per heavy atom. The van der Waals surface area contributed by atoms with Gasteiger partial charge in [0.2, 0.25) is 0 Å². The molecule has 1 aliphatic rings. The van der Waals surface area contributed by atoms with E-state index in [-0.39, 0.29) is 0 Å². The van der Waals surface area contributed by atoms with Crippen LogP contribution < -0.4 is 10.6 Å². The molecule has 17 heavy (non-hydrogen) atoms. The first-order chi connectivity index (χ1) is 8.11. The number of halogens is 1. The van der Waals surface area contributed by atoms with Gasteiger partial charge in [0.15, 0.2) is 0 Å². The summed E-state index contributed by atoms with van der Waals surface area (Å²) in [4.78, 5) is 2.48. The van der Waals surface area contributed by atoms with Crippen LogP contribution in [-0.2, 0) is 6.42 Å². The molecule has 0 spiro atoms. The van der Waals surface area contributed by atoms with Gasteiger partial charge in [0.1, 0.15) is 0 Å². The molecule has 2 atom stereocenters. The fraction of sp³-hybridized carbons (Fsp3) is 0.571. The Balaban J connectivity index is 2.17. The molecule has 1 heterocycles. The SMILES string of the molecule is CC1CN(c2ccc(CCN)cc2Br)CC1C. The van der Waals surface area contributed by atoms with Crippen molar-refractivity contribution in [3.05, 3.63) is 28.2 Å². The molecule has 1 saturated heterocycles. The summed E-state index contributed by atoms with van der Waals surface area (Å²) in [6.07, 6.45) is 0.950. The lowest BCUT2D eigenvalue weighted by Gasteiger charge is -2.20. The summed E-state index contributed by atoms with van der Waals surface area (Å²) in [5.74, 6) is 1.57. The molecule has 2 nitrogen and oxygen atoms in total. The molecule has 0 aliphatic carbocycles. The van der Waals surface area contributed by atoms with Crippen molar-refractivity contribution < 1.29 is 0 Å². The quantitative estimate of drug-likeness (QED) is 0.929. The molecule has 94 valence electrons. The van der Waals surface area contributed by atoms with Crippen molar-refractivity contribution in [2.24, 2.45) is 17.6 Å². The van der Waals surface area contributed by atoms with E-state index in [2.05, 4.69) is 52.9 Å². The van der Waals surface area contributed by atoms with Gasteiger partial charge < -0.3 is 10.6 Å². The maximum absolute atomic E-state index is 5.58. The number of rotatable bonds is 3. The molecule has 2 unspecified atom stereocenters. The average Bonchev–Trinajstić information content (AvgIpc) is 2.59. The van der Waals surface area contributed by atoms with E-state index in [1.807, 2.05) is 0 Å². The maximum Gasteiger partial charge on any atom is 0.0511 e. The van der Waals surface area contributed by atoms with Gasteiger partial charge in [-0.2, -0.15) is 0 Å². The van der Waals surface area contributed by atoms with Gasteiger partial charge in [-0.3, -0.25) is 0 Å². The lowest BCUT2D eigenvalue weighted by atomic mass is 10.0. The topological polar surface area (TPSA) is 29.3 Å². The van der Waals surface area contributed by atoms with Gasteiger partial charge in [-0.15, -0.1) is 0 Å². The first-order valence-electron chi connectivity index (χ1n) is 6.35. The molecule has 0 amide bonds. The average molecular weight is 297 g/mol. The van der Waals surface area contributed by atoms with Crippen LogP contribution >= 0.6 is 15.9 Å². The number of hydrogen-bond donors (Lipinski definition) is 1. The second-order valence-electron chi connectivity index (χ2n) is 5.18. The van der Waals surface area contributed by atoms with Crippen LogP contribution in [-0.4, -0.2) is 19.6 Å². The zero-order valence-electron chi connectivity index (χ0n) is 10.6. The van der Waals surface area contributed by atoms with Crippen LogP contribution in [0.3, 0.4) is 0 Å². The highest BCUT2D eigenvalue weighted by Gasteiger charge is 2.27. The molecule has 2 N–H and O–H groups in total. The van der Waals surface area contributed by atoms with Gasteiger partial charge in [0.05, 0.1) is 5.69 Å². The van der Waals surface area contributed by atoms with E-state index < -0.39 is 0 Å². The van der Waals surface area contributed by atoms with Crippen molar-refractivity contribution in [2.45, 2.75) is 20.3 Å². The summed E-state index contributed by atoms with van der Waals surface area (Å²) >= 11 is 3.68. The minimum absolute atomic E-state index is 0.712. The van der Waals surface area contributed by atoms with Crippen molar-refractivity contribution in [2.75, 3.05) is 24.5 Å². The van der Waals surface area contributed by atoms with Crippen molar-refractivity contribution in [3.8, 4) is 0 Å². The summed E-state index contributed by atoms with van der Waals surface area (Å²) < 4.78 is 1.20. The number of nitrogens with zero attached hydrogens (tertiary/aromatic N) is 1. The van der Waals surface area contributed by atoms with Crippen LogP contribution in [0.1, 0.15) is 19.4 Å². The van der Waals surface area contributed by atoms with Crippen LogP contribution in [0.2, 0.25) is 0 Å². The van der Waals surface area contributed by atoms with Gasteiger partial charge >= 0.3 is 0 Å². The van der Waals surface area contributed by atoms with E-state index >= 15 is 0 Å². The minimum Gasteiger partial charge on any atom is -0.370 e. The van der Waals surface area contributed by atoms with E-state index in [9.17, 15) is 0 Å². The van der Waals surface area contributed by atoms with E-state index in [0.29, 0.717) is 6.54 Å². The molecule has 1 fully saturated rings. The van der Waals surface area contributed by atoms with Crippen molar-refractivity contribution >= 4 is 21.6 Å². The van der Waals surface area contributed by atoms with E-state index in [0.717, 1.165) is 31.3 Å². The normalized spacial score (nSPS) is 24.4. The molecule has 3 heteroatoms. The predicted molar refractivity (Wildman–Crippen MR) is 77.4 cm³/mol. The lowest BCUT2D eigenvalue weighted by molar-refractivity contribution is 0.494. The number of hydrogen-bond acceptors (Lipinski definition) is 2. The Labute approximate surface area is 112 Å². The first kappa shape index (κ1) is 12.9. The Bertz CT molecular complexity index is 382. The van der Waals surface area contributed by atoms with Crippen LogP contribution in [0, 0.1) is 11.8 Å². The smallest absolute Gasteiger partial charge is 0.0511 e. The lowest BCUT2D eigenvalue weighted by Crippen LogP contribution is -2.20. The first-order valence-corrected chi connectivity index (χ1v) is 7.14. The number of nitrogens with two attached hydrogens (primary N) is 1. The molecule has 1 aliphatic heterocycles. The van der Waals surface area contributed by atoms with Crippen molar-refractivity contribution in [1.29, 1.82) is 0 Å². The Morgan fingerprint density at radius 3 is 2.47 bits per heavy atom. The highest BCUT2D eigenvalue weighted by atomic mass is 79.9. The molecule has 1 aromatic carbocycles. The third-order valence-corrected chi connectivity index (χ3v) is 4.41. The third kappa shape index (κ3) is 2.83. The monoisotopic (exact) mass is 296 g/mol. The number of benzene rings is 1. The highest BCUT2D eigenvalue weighted by Crippen LogP contribution is 2.33. The molecular formula is C14H21BrN2. The Hall–Kier alpha value is -0.540. The van der Waals surface area contributed by atoms with Gasteiger partial charge in [0.25, 0.3) is 0 Å². The molecule has 1 aromatic rings. The van der Waals surface area contributed by atoms with Crippen molar-refractivity contribution in [1.82, 2.24) is 0 Å². The van der Waals surface area contributed by atoms with Gasteiger partial charge in [-0.1, -0.05) is 19.9 Å². The Kier molecular flexibility index (Phi) is 4.10. The van der Waals surface area contributed by atoms with Gasteiger partial charge in [-0.25, -0.2) is 0 Å². The summed E-state index contributed by atoms with van der Waals surface area (Å²) in [7, 11) is 0. The van der Waals surface area contributed by atoms with E-state index in [4.69, 9.17) is 5.73 Å². The summed E-state index contributed by atoms with van der Waals surface area (Å²) in [6.45, 7) is 7.71. The molecule has 0 aromatic heterocycles. The fourth-order valence-corrected chi connectivity index (χ4v) is 3.13. The second kappa shape index (κ2) is 5.40. The van der Waals surface area contributed by atoms with E-state index in [1.165, 1.54) is 15.7 Å². The largest absolute Gasteiger partial charge is 0.370 e. The Morgan fingerprint density at radius 1 is 1.29 bits per heavy atom. The van der Waals surface area contributed by atoms with Gasteiger partial charge in [0, 0.05) is 17.6 Å². The summed E-state index contributed by atoms with van der Waals surface area (Å²) in [5.41, 5.74) is 8.21. The highest BCUT2D eigenvalue weighted by molar-refractivity contribution is 9.10. The summed E-state index contributed by atoms with van der Waals surface area (Å²) in [6, 6.07) is 6.62. The van der Waals surface area contributed by atoms with Crippen molar-refractivity contribution in [3.63, 3.8) is 0 Å². The molecule has 0 bridgehead atoms. The minimum atomic E-state index is 0.712. The maximum atomic E-state index is 5.58. The fourth-order valence-electron chi connectivity index (χ4n) is 2.46. The molecule has 0 radical (unpaired) electrons. The van der Waals surface area contributed by atoms with Crippen LogP contribution in [0.5, 0.6) is 0 Å². The van der Waals surface area contributed by atoms with Crippen LogP contribution in [0.4, 0.5) is 5.69 Å². The zero-order valence-corrected chi connectivity index (χ0v) is 12.2. The zero-order chi connectivity index (χ0) is 12.4. The van der Waals surface area contributed by atoms with Crippen LogP contribution in [0.15, 0.2) is 22.7 Å². The van der Waals surface area contributed by atoms with Crippen LogP contribution in [0.25, 0.3) is 0 Å². The number of anilines is 1. The van der Waals surface area contributed by atoms with Gasteiger partial charge in [-0.05, 0) is 58.4 Å². The molecular weight excluding hydrogens is 276 g/mol. The second-order valence-corrected chi connectivity index (χ2v) is 6.04. The summed E-state index contributed by atoms with van der Waals surface area (Å²) in [5, 5.41) is 0. The standard InChI is InChI=1S/C14H21BrN2/c1-10-8-17(9-11(10)2)14-4-3-12(5-6-16)7-13(14)15/h3-4,7,10-11H,5-6,8-9,16H2,1-2H3. The predicted octanol–water partition coefficient (Wildman–Crippen LogP) is 3.04.